The third-order valence-electron chi connectivity index (χ3n) is 3.22. The first-order valence-corrected chi connectivity index (χ1v) is 7.21. The molecule has 1 heterocycles. The van der Waals surface area contributed by atoms with E-state index < -0.39 is 0 Å². The Morgan fingerprint density at radius 3 is 2.71 bits per heavy atom. The zero-order valence-corrected chi connectivity index (χ0v) is 11.8. The minimum Gasteiger partial charge on any atom is -0.139 e. The van der Waals surface area contributed by atoms with Gasteiger partial charge in [-0.2, -0.15) is 0 Å². The van der Waals surface area contributed by atoms with Crippen molar-refractivity contribution in [2.75, 3.05) is 0 Å². The fourth-order valence-electron chi connectivity index (χ4n) is 2.21. The SMILES string of the molecule is C=C(C)c1cc(-c2c[pH]cc2CC)ccc1C. The second kappa shape index (κ2) is 4.94. The molecule has 0 radical (unpaired) electrons. The Labute approximate surface area is 105 Å². The fraction of sp³-hybridized carbons (Fsp3) is 0.250. The summed E-state index contributed by atoms with van der Waals surface area (Å²) in [5.74, 6) is 4.71. The molecule has 0 saturated carbocycles. The first-order valence-electron chi connectivity index (χ1n) is 6.06. The lowest BCUT2D eigenvalue weighted by Gasteiger charge is -2.09. The second-order valence-electron chi connectivity index (χ2n) is 4.56. The Hall–Kier alpha value is -1.26. The lowest BCUT2D eigenvalue weighted by molar-refractivity contribution is 1.16. The van der Waals surface area contributed by atoms with Crippen molar-refractivity contribution in [2.24, 2.45) is 0 Å². The van der Waals surface area contributed by atoms with Crippen LogP contribution in [-0.4, -0.2) is 0 Å². The van der Waals surface area contributed by atoms with Crippen LogP contribution < -0.4 is 0 Å². The highest BCUT2D eigenvalue weighted by atomic mass is 31.0. The Morgan fingerprint density at radius 2 is 2.06 bits per heavy atom. The van der Waals surface area contributed by atoms with Crippen molar-refractivity contribution in [1.82, 2.24) is 0 Å². The summed E-state index contributed by atoms with van der Waals surface area (Å²) in [7, 11) is 0.844. The van der Waals surface area contributed by atoms with Gasteiger partial charge < -0.3 is 0 Å². The van der Waals surface area contributed by atoms with Crippen LogP contribution in [-0.2, 0) is 6.42 Å². The van der Waals surface area contributed by atoms with Gasteiger partial charge in [0.15, 0.2) is 0 Å². The van der Waals surface area contributed by atoms with Gasteiger partial charge in [-0.1, -0.05) is 31.2 Å². The summed E-state index contributed by atoms with van der Waals surface area (Å²) >= 11 is 0. The van der Waals surface area contributed by atoms with E-state index >= 15 is 0 Å². The van der Waals surface area contributed by atoms with Crippen molar-refractivity contribution in [1.29, 1.82) is 0 Å². The molecule has 0 bridgehead atoms. The number of hydrogen-bond acceptors (Lipinski definition) is 0. The van der Waals surface area contributed by atoms with Gasteiger partial charge in [0.1, 0.15) is 0 Å². The van der Waals surface area contributed by atoms with Gasteiger partial charge in [-0.25, -0.2) is 0 Å². The zero-order chi connectivity index (χ0) is 12.4. The van der Waals surface area contributed by atoms with Gasteiger partial charge in [0, 0.05) is 0 Å². The van der Waals surface area contributed by atoms with Crippen molar-refractivity contribution in [3.63, 3.8) is 0 Å². The molecule has 1 atom stereocenters. The van der Waals surface area contributed by atoms with Crippen molar-refractivity contribution < 1.29 is 0 Å². The third kappa shape index (κ3) is 2.37. The molecule has 0 aliphatic rings. The first-order chi connectivity index (χ1) is 8.13. The monoisotopic (exact) mass is 242 g/mol. The molecule has 0 fully saturated rings. The molecule has 2 rings (SSSR count). The number of benzene rings is 1. The van der Waals surface area contributed by atoms with Crippen LogP contribution in [0, 0.1) is 6.92 Å². The molecule has 0 aliphatic carbocycles. The van der Waals surface area contributed by atoms with Gasteiger partial charge in [-0.15, -0.1) is 8.19 Å². The molecule has 2 aromatic rings. The highest BCUT2D eigenvalue weighted by Crippen LogP contribution is 2.32. The summed E-state index contributed by atoms with van der Waals surface area (Å²) in [4.78, 5) is 0. The van der Waals surface area contributed by atoms with Crippen molar-refractivity contribution >= 4 is 13.8 Å². The Balaban J connectivity index is 2.54. The molecule has 1 aromatic carbocycles. The summed E-state index contributed by atoms with van der Waals surface area (Å²) in [5, 5.41) is 0. The maximum absolute atomic E-state index is 4.06. The maximum atomic E-state index is 4.06. The van der Waals surface area contributed by atoms with Crippen LogP contribution in [0.4, 0.5) is 0 Å². The van der Waals surface area contributed by atoms with Crippen LogP contribution in [0.15, 0.2) is 36.4 Å². The summed E-state index contributed by atoms with van der Waals surface area (Å²) in [6.07, 6.45) is 1.12. The smallest absolute Gasteiger partial charge is 0.0112 e. The summed E-state index contributed by atoms with van der Waals surface area (Å²) < 4.78 is 0. The van der Waals surface area contributed by atoms with Crippen LogP contribution in [0.2, 0.25) is 0 Å². The molecular formula is C16H19P. The Bertz CT molecular complexity index is 546. The van der Waals surface area contributed by atoms with Crippen molar-refractivity contribution in [3.05, 3.63) is 53.1 Å². The average Bonchev–Trinajstić information content (AvgIpc) is 2.77. The standard InChI is InChI=1S/C16H19P/c1-5-13-9-17-10-16(13)14-7-6-12(4)15(8-14)11(2)3/h6-10,17H,2,5H2,1,3-4H3. The normalized spacial score (nSPS) is 11.0. The summed E-state index contributed by atoms with van der Waals surface area (Å²) in [6, 6.07) is 6.71. The lowest BCUT2D eigenvalue weighted by Crippen LogP contribution is -1.88. The van der Waals surface area contributed by atoms with Crippen LogP contribution >= 0.6 is 8.19 Å². The second-order valence-corrected chi connectivity index (χ2v) is 5.47. The number of aryl methyl sites for hydroxylation is 2. The molecule has 0 spiro atoms. The molecule has 0 N–H and O–H groups in total. The van der Waals surface area contributed by atoms with Crippen LogP contribution in [0.3, 0.4) is 0 Å². The van der Waals surface area contributed by atoms with E-state index in [1.807, 2.05) is 0 Å². The summed E-state index contributed by atoms with van der Waals surface area (Å²) in [6.45, 7) is 10.5. The largest absolute Gasteiger partial charge is 0.139 e. The summed E-state index contributed by atoms with van der Waals surface area (Å²) in [5.41, 5.74) is 7.99. The highest BCUT2D eigenvalue weighted by molar-refractivity contribution is 7.28. The predicted octanol–water partition coefficient (Wildman–Crippen LogP) is 5.29. The van der Waals surface area contributed by atoms with Crippen molar-refractivity contribution in [2.45, 2.75) is 27.2 Å². The molecule has 0 nitrogen and oxygen atoms in total. The predicted molar refractivity (Wildman–Crippen MR) is 80.2 cm³/mol. The highest BCUT2D eigenvalue weighted by Gasteiger charge is 2.07. The Kier molecular flexibility index (Phi) is 3.54. The Morgan fingerprint density at radius 1 is 1.29 bits per heavy atom. The van der Waals surface area contributed by atoms with Gasteiger partial charge in [0.05, 0.1) is 0 Å². The van der Waals surface area contributed by atoms with Gasteiger partial charge >= 0.3 is 0 Å². The van der Waals surface area contributed by atoms with Crippen LogP contribution in [0.5, 0.6) is 0 Å². The molecule has 0 saturated heterocycles. The average molecular weight is 242 g/mol. The van der Waals surface area contributed by atoms with Crippen molar-refractivity contribution in [3.8, 4) is 11.1 Å². The molecule has 1 heteroatoms. The fourth-order valence-corrected chi connectivity index (χ4v) is 3.37. The number of allylic oxidation sites excluding steroid dienone is 1. The minimum absolute atomic E-state index is 0.844. The van der Waals surface area contributed by atoms with Gasteiger partial charge in [0.2, 0.25) is 0 Å². The van der Waals surface area contributed by atoms with Crippen LogP contribution in [0.25, 0.3) is 16.7 Å². The molecule has 17 heavy (non-hydrogen) atoms. The maximum Gasteiger partial charge on any atom is -0.0112 e. The number of hydrogen-bond donors (Lipinski definition) is 0. The number of rotatable bonds is 3. The zero-order valence-electron chi connectivity index (χ0n) is 10.8. The van der Waals surface area contributed by atoms with E-state index in [1.54, 1.807) is 0 Å². The van der Waals surface area contributed by atoms with E-state index in [2.05, 4.69) is 57.1 Å². The molecular weight excluding hydrogens is 223 g/mol. The minimum atomic E-state index is 0.844. The molecule has 1 unspecified atom stereocenters. The molecule has 88 valence electrons. The first kappa shape index (κ1) is 12.2. The quantitative estimate of drug-likeness (QED) is 0.686. The van der Waals surface area contributed by atoms with Gasteiger partial charge in [-0.3, -0.25) is 0 Å². The molecule has 0 aliphatic heterocycles. The third-order valence-corrected chi connectivity index (χ3v) is 4.19. The van der Waals surface area contributed by atoms with E-state index in [0.717, 1.165) is 20.2 Å². The van der Waals surface area contributed by atoms with E-state index in [9.17, 15) is 0 Å². The van der Waals surface area contributed by atoms with Gasteiger partial charge in [0.25, 0.3) is 0 Å². The topological polar surface area (TPSA) is 0 Å². The van der Waals surface area contributed by atoms with E-state index in [0.29, 0.717) is 0 Å². The van der Waals surface area contributed by atoms with E-state index in [1.165, 1.54) is 27.8 Å². The van der Waals surface area contributed by atoms with E-state index in [4.69, 9.17) is 0 Å². The van der Waals surface area contributed by atoms with E-state index in [-0.39, 0.29) is 0 Å². The lowest BCUT2D eigenvalue weighted by atomic mass is 9.96. The molecule has 1 aromatic heterocycles. The van der Waals surface area contributed by atoms with Gasteiger partial charge in [-0.05, 0) is 65.7 Å². The van der Waals surface area contributed by atoms with Crippen LogP contribution in [0.1, 0.15) is 30.5 Å². The molecule has 0 amide bonds.